The molecule has 1 aromatic carbocycles. The lowest BCUT2D eigenvalue weighted by Crippen LogP contribution is -2.54. The molecule has 4 atom stereocenters. The summed E-state index contributed by atoms with van der Waals surface area (Å²) >= 11 is 0. The molecule has 2 aromatic rings. The normalized spacial score (nSPS) is 29.3. The Labute approximate surface area is 213 Å². The van der Waals surface area contributed by atoms with Crippen LogP contribution in [0.25, 0.3) is 0 Å². The maximum Gasteiger partial charge on any atom is 0.338 e. The highest BCUT2D eigenvalue weighted by Crippen LogP contribution is 2.51. The summed E-state index contributed by atoms with van der Waals surface area (Å²) in [6.45, 7) is 1.51. The molecule has 1 aliphatic carbocycles. The maximum absolute atomic E-state index is 13.2. The van der Waals surface area contributed by atoms with Gasteiger partial charge < -0.3 is 15.2 Å². The zero-order chi connectivity index (χ0) is 26.4. The second-order valence-electron chi connectivity index (χ2n) is 9.87. The minimum Gasteiger partial charge on any atom is -0.450 e. The number of rotatable bonds is 5. The lowest BCUT2D eigenvalue weighted by atomic mass is 9.79. The van der Waals surface area contributed by atoms with Crippen molar-refractivity contribution in [3.05, 3.63) is 79.6 Å². The van der Waals surface area contributed by atoms with Crippen molar-refractivity contribution >= 4 is 16.1 Å². The summed E-state index contributed by atoms with van der Waals surface area (Å²) in [6.07, 6.45) is 2.98. The number of carbonyl (C=O) groups excluding carboxylic acids is 1. The summed E-state index contributed by atoms with van der Waals surface area (Å²) in [4.78, 5) is 40.3. The van der Waals surface area contributed by atoms with Crippen LogP contribution in [0.4, 0.5) is 0 Å². The topological polar surface area (TPSA) is 160 Å². The molecule has 0 amide bonds. The Morgan fingerprint density at radius 3 is 2.54 bits per heavy atom. The van der Waals surface area contributed by atoms with Crippen molar-refractivity contribution in [2.45, 2.75) is 69.5 Å². The van der Waals surface area contributed by atoms with E-state index in [1.807, 2.05) is 0 Å². The molecule has 1 spiro atoms. The van der Waals surface area contributed by atoms with E-state index in [0.717, 1.165) is 42.1 Å². The van der Waals surface area contributed by atoms with Gasteiger partial charge in [-0.15, -0.1) is 0 Å². The van der Waals surface area contributed by atoms with Gasteiger partial charge in [-0.05, 0) is 31.4 Å². The molecule has 3 aliphatic rings. The molecular weight excluding hydrogens is 502 g/mol. The molecule has 5 rings (SSSR count). The fraction of sp³-hybridized carbons (Fsp3) is 0.480. The first-order valence-electron chi connectivity index (χ1n) is 12.3. The fourth-order valence-corrected chi connectivity index (χ4v) is 6.77. The molecule has 1 saturated heterocycles. The van der Waals surface area contributed by atoms with E-state index in [1.165, 1.54) is 13.1 Å². The highest BCUT2D eigenvalue weighted by Gasteiger charge is 2.67. The Kier molecular flexibility index (Phi) is 6.59. The van der Waals surface area contributed by atoms with E-state index in [9.17, 15) is 22.8 Å². The number of hydrogen-bond acceptors (Lipinski definition) is 9. The van der Waals surface area contributed by atoms with Crippen LogP contribution in [0.15, 0.2) is 57.2 Å². The van der Waals surface area contributed by atoms with Gasteiger partial charge in [-0.1, -0.05) is 50.3 Å². The van der Waals surface area contributed by atoms with E-state index >= 15 is 0 Å². The van der Waals surface area contributed by atoms with Crippen LogP contribution in [0.1, 0.15) is 60.7 Å². The number of aromatic nitrogens is 2. The first-order valence-corrected chi connectivity index (χ1v) is 13.7. The number of nitrogens with one attached hydrogen (secondary N) is 1. The van der Waals surface area contributed by atoms with Crippen molar-refractivity contribution in [2.24, 2.45) is 11.7 Å². The number of carbonyl (C=O) groups is 1. The summed E-state index contributed by atoms with van der Waals surface area (Å²) < 4.78 is 44.2. The maximum atomic E-state index is 13.2. The molecule has 3 heterocycles. The van der Waals surface area contributed by atoms with Crippen LogP contribution in [0.3, 0.4) is 0 Å². The van der Waals surface area contributed by atoms with Crippen molar-refractivity contribution in [2.75, 3.05) is 0 Å². The van der Waals surface area contributed by atoms with Crippen molar-refractivity contribution in [1.82, 2.24) is 9.55 Å². The van der Waals surface area contributed by atoms with Crippen LogP contribution in [0.5, 0.6) is 0 Å². The smallest absolute Gasteiger partial charge is 0.338 e. The van der Waals surface area contributed by atoms with Gasteiger partial charge in [0, 0.05) is 11.8 Å². The zero-order valence-corrected chi connectivity index (χ0v) is 21.1. The van der Waals surface area contributed by atoms with Crippen LogP contribution in [-0.2, 0) is 23.8 Å². The van der Waals surface area contributed by atoms with Gasteiger partial charge >= 0.3 is 11.7 Å². The molecule has 1 saturated carbocycles. The van der Waals surface area contributed by atoms with Gasteiger partial charge in [0.1, 0.15) is 6.10 Å². The second kappa shape index (κ2) is 9.58. The summed E-state index contributed by atoms with van der Waals surface area (Å²) in [5.41, 5.74) is 3.31. The monoisotopic (exact) mass is 531 g/mol. The van der Waals surface area contributed by atoms with Crippen LogP contribution in [0, 0.1) is 12.8 Å². The molecule has 1 unspecified atom stereocenters. The largest absolute Gasteiger partial charge is 0.450 e. The predicted octanol–water partition coefficient (Wildman–Crippen LogP) is 1.84. The van der Waals surface area contributed by atoms with Crippen LogP contribution in [0.2, 0.25) is 0 Å². The Morgan fingerprint density at radius 1 is 1.19 bits per heavy atom. The third-order valence-electron chi connectivity index (χ3n) is 7.38. The third kappa shape index (κ3) is 4.64. The van der Waals surface area contributed by atoms with Crippen LogP contribution < -0.4 is 17.0 Å². The summed E-state index contributed by atoms with van der Waals surface area (Å²) in [6, 6.07) is 8.13. The molecule has 37 heavy (non-hydrogen) atoms. The first-order chi connectivity index (χ1) is 17.6. The lowest BCUT2D eigenvalue weighted by Gasteiger charge is -2.35. The third-order valence-corrected chi connectivity index (χ3v) is 8.43. The molecule has 3 N–H and O–H groups in total. The number of esters is 1. The lowest BCUT2D eigenvalue weighted by molar-refractivity contribution is -0.0559. The van der Waals surface area contributed by atoms with E-state index in [-0.39, 0.29) is 22.7 Å². The average Bonchev–Trinajstić information content (AvgIpc) is 3.29. The van der Waals surface area contributed by atoms with Gasteiger partial charge in [-0.2, -0.15) is 8.42 Å². The van der Waals surface area contributed by atoms with Gasteiger partial charge in [0.2, 0.25) is 0 Å². The highest BCUT2D eigenvalue weighted by molar-refractivity contribution is 7.90. The van der Waals surface area contributed by atoms with E-state index < -0.39 is 51.4 Å². The fourth-order valence-electron chi connectivity index (χ4n) is 5.55. The van der Waals surface area contributed by atoms with Gasteiger partial charge in [-0.3, -0.25) is 14.3 Å². The van der Waals surface area contributed by atoms with Gasteiger partial charge in [0.05, 0.1) is 16.7 Å². The predicted molar refractivity (Wildman–Crippen MR) is 132 cm³/mol. The molecule has 0 bridgehead atoms. The van der Waals surface area contributed by atoms with Crippen LogP contribution in [-0.4, -0.2) is 41.7 Å². The first kappa shape index (κ1) is 25.4. The zero-order valence-electron chi connectivity index (χ0n) is 20.3. The second-order valence-corrected chi connectivity index (χ2v) is 11.3. The summed E-state index contributed by atoms with van der Waals surface area (Å²) in [7, 11) is -4.23. The highest BCUT2D eigenvalue weighted by atomic mass is 32.2. The van der Waals surface area contributed by atoms with Crippen molar-refractivity contribution < 1.29 is 26.9 Å². The number of nitrogens with two attached hydrogens (primary N) is 1. The van der Waals surface area contributed by atoms with Crippen molar-refractivity contribution in [1.29, 1.82) is 0 Å². The molecule has 198 valence electrons. The van der Waals surface area contributed by atoms with Gasteiger partial charge in [0.25, 0.3) is 15.7 Å². The van der Waals surface area contributed by atoms with E-state index in [2.05, 4.69) is 4.98 Å². The van der Waals surface area contributed by atoms with E-state index in [4.69, 9.17) is 19.4 Å². The average molecular weight is 532 g/mol. The van der Waals surface area contributed by atoms with Crippen LogP contribution >= 0.6 is 0 Å². The number of nitrogens with zero attached hydrogens (tertiary/aromatic N) is 1. The van der Waals surface area contributed by atoms with Crippen molar-refractivity contribution in [3.8, 4) is 0 Å². The quantitative estimate of drug-likeness (QED) is 0.433. The number of aromatic amines is 1. The van der Waals surface area contributed by atoms with Gasteiger partial charge in [0.15, 0.2) is 17.9 Å². The Balaban J connectivity index is 1.63. The number of hydrogen-bond donors (Lipinski definition) is 2. The number of ether oxygens (including phenoxy) is 2. The van der Waals surface area contributed by atoms with E-state index in [1.54, 1.807) is 30.3 Å². The number of benzene rings is 1. The Morgan fingerprint density at radius 2 is 1.89 bits per heavy atom. The van der Waals surface area contributed by atoms with Gasteiger partial charge in [-0.25, -0.2) is 13.8 Å². The Bertz CT molecular complexity index is 1440. The standard InChI is InChI=1S/C25H29N3O8S/c1-15-13-28(24(31)27-21(15)29)22-20(35-23(30)17-10-6-3-7-11-17)25(18(26)14-37(32,33)36-25)19(34-22)12-16-8-4-2-5-9-16/h3,6-7,10-11,13-14,16,19-20,22H,2,4-5,8-9,12,26H2,1H3,(H,27,29,31)/t19-,20+,22-,25?/m1/s1. The van der Waals surface area contributed by atoms with E-state index in [0.29, 0.717) is 6.42 Å². The van der Waals surface area contributed by atoms with Crippen molar-refractivity contribution in [3.63, 3.8) is 0 Å². The molecule has 1 aromatic heterocycles. The SMILES string of the molecule is Cc1cn([C@@H]2O[C@H](CC3CCCCC3)C3(OS(=O)(=O)C=C3N)[C@H]2OC(=O)c2ccccc2)c(=O)[nH]c1=O. The molecular formula is C25H29N3O8S. The molecule has 2 fully saturated rings. The summed E-state index contributed by atoms with van der Waals surface area (Å²) in [5.74, 6) is -0.569. The number of aryl methyl sites for hydroxylation is 1. The number of H-pyrrole nitrogens is 1. The molecule has 12 heteroatoms. The molecule has 2 aliphatic heterocycles. The minimum absolute atomic E-state index is 0.170. The molecule has 0 radical (unpaired) electrons. The minimum atomic E-state index is -4.23. The molecule has 11 nitrogen and oxygen atoms in total. The summed E-state index contributed by atoms with van der Waals surface area (Å²) in [5, 5.41) is 0.802. The Hall–Kier alpha value is -3.22.